The van der Waals surface area contributed by atoms with E-state index in [1.807, 2.05) is 42.5 Å². The quantitative estimate of drug-likeness (QED) is 0.289. The van der Waals surface area contributed by atoms with Crippen molar-refractivity contribution >= 4 is 11.3 Å². The highest BCUT2D eigenvalue weighted by Gasteiger charge is 2.15. The number of fused-ring (bicyclic) bond motifs is 1. The standard InChI is InChI=1S/C31H23N3/c32-28-13-7-12-27(21-28)26-11-6-10-25(20-26)22-15-17-24(18-16-22)31-30(23-8-2-1-3-9-23)33-29-14-4-5-19-34(29)31/h1-21H,32H2. The van der Waals surface area contributed by atoms with Crippen molar-refractivity contribution in [3.05, 3.63) is 128 Å². The van der Waals surface area contributed by atoms with Gasteiger partial charge in [-0.2, -0.15) is 0 Å². The Morgan fingerprint density at radius 3 is 1.88 bits per heavy atom. The van der Waals surface area contributed by atoms with Gasteiger partial charge in [-0.3, -0.25) is 4.40 Å². The highest BCUT2D eigenvalue weighted by molar-refractivity contribution is 5.83. The molecule has 0 saturated carbocycles. The number of anilines is 1. The number of aromatic nitrogens is 2. The van der Waals surface area contributed by atoms with Crippen LogP contribution in [0.4, 0.5) is 5.69 Å². The first kappa shape index (κ1) is 20.0. The van der Waals surface area contributed by atoms with Crippen LogP contribution in [0.5, 0.6) is 0 Å². The monoisotopic (exact) mass is 437 g/mol. The molecule has 0 unspecified atom stereocenters. The molecule has 0 bridgehead atoms. The van der Waals surface area contributed by atoms with Crippen molar-refractivity contribution < 1.29 is 0 Å². The summed E-state index contributed by atoms with van der Waals surface area (Å²) in [4.78, 5) is 4.94. The lowest BCUT2D eigenvalue weighted by atomic mass is 9.97. The summed E-state index contributed by atoms with van der Waals surface area (Å²) >= 11 is 0. The number of hydrogen-bond donors (Lipinski definition) is 1. The van der Waals surface area contributed by atoms with Crippen LogP contribution in [0.2, 0.25) is 0 Å². The minimum Gasteiger partial charge on any atom is -0.399 e. The lowest BCUT2D eigenvalue weighted by Gasteiger charge is -2.09. The van der Waals surface area contributed by atoms with Gasteiger partial charge >= 0.3 is 0 Å². The SMILES string of the molecule is Nc1cccc(-c2cccc(-c3ccc(-c4c(-c5ccccc5)nc5ccccn45)cc3)c2)c1. The molecule has 0 aliphatic heterocycles. The van der Waals surface area contributed by atoms with Crippen LogP contribution in [0.15, 0.2) is 128 Å². The third-order valence-electron chi connectivity index (χ3n) is 6.15. The van der Waals surface area contributed by atoms with E-state index in [9.17, 15) is 0 Å². The number of nitrogen functional groups attached to an aromatic ring is 1. The average Bonchev–Trinajstić information content (AvgIpc) is 3.29. The number of nitrogens with two attached hydrogens (primary N) is 1. The van der Waals surface area contributed by atoms with E-state index in [1.165, 1.54) is 11.1 Å². The maximum Gasteiger partial charge on any atom is 0.137 e. The second-order valence-electron chi connectivity index (χ2n) is 8.39. The second-order valence-corrected chi connectivity index (χ2v) is 8.39. The predicted octanol–water partition coefficient (Wildman–Crippen LogP) is 7.58. The Balaban J connectivity index is 1.42. The number of imidazole rings is 1. The van der Waals surface area contributed by atoms with Crippen LogP contribution in [0.3, 0.4) is 0 Å². The fourth-order valence-corrected chi connectivity index (χ4v) is 4.49. The fraction of sp³-hybridized carbons (Fsp3) is 0. The normalized spacial score (nSPS) is 11.1. The summed E-state index contributed by atoms with van der Waals surface area (Å²) < 4.78 is 2.16. The molecule has 34 heavy (non-hydrogen) atoms. The Morgan fingerprint density at radius 2 is 1.12 bits per heavy atom. The molecule has 6 aromatic rings. The van der Waals surface area contributed by atoms with Gasteiger partial charge in [-0.05, 0) is 52.6 Å². The summed E-state index contributed by atoms with van der Waals surface area (Å²) in [6, 6.07) is 41.8. The van der Waals surface area contributed by atoms with Crippen molar-refractivity contribution in [2.75, 3.05) is 5.73 Å². The van der Waals surface area contributed by atoms with Gasteiger partial charge in [0.2, 0.25) is 0 Å². The number of nitrogens with zero attached hydrogens (tertiary/aromatic N) is 2. The first-order valence-corrected chi connectivity index (χ1v) is 11.4. The zero-order chi connectivity index (χ0) is 22.9. The number of hydrogen-bond acceptors (Lipinski definition) is 2. The average molecular weight is 438 g/mol. The summed E-state index contributed by atoms with van der Waals surface area (Å²) in [6.45, 7) is 0. The van der Waals surface area contributed by atoms with Gasteiger partial charge in [0.1, 0.15) is 5.65 Å². The van der Waals surface area contributed by atoms with Crippen molar-refractivity contribution in [1.29, 1.82) is 0 Å². The van der Waals surface area contributed by atoms with E-state index in [0.717, 1.165) is 45.0 Å². The van der Waals surface area contributed by atoms with Crippen LogP contribution in [0.25, 0.3) is 50.4 Å². The van der Waals surface area contributed by atoms with E-state index >= 15 is 0 Å². The van der Waals surface area contributed by atoms with Crippen LogP contribution in [0.1, 0.15) is 0 Å². The van der Waals surface area contributed by atoms with Gasteiger partial charge in [0.25, 0.3) is 0 Å². The lowest BCUT2D eigenvalue weighted by Crippen LogP contribution is -1.90. The molecule has 0 saturated heterocycles. The van der Waals surface area contributed by atoms with E-state index in [-0.39, 0.29) is 0 Å². The molecule has 0 fully saturated rings. The summed E-state index contributed by atoms with van der Waals surface area (Å²) in [6.07, 6.45) is 2.08. The molecule has 0 atom stereocenters. The molecule has 0 amide bonds. The third kappa shape index (κ3) is 3.63. The highest BCUT2D eigenvalue weighted by atomic mass is 15.0. The van der Waals surface area contributed by atoms with Gasteiger partial charge in [0.05, 0.1) is 11.4 Å². The van der Waals surface area contributed by atoms with Crippen LogP contribution in [0, 0.1) is 0 Å². The number of benzene rings is 4. The van der Waals surface area contributed by atoms with Crippen molar-refractivity contribution in [2.24, 2.45) is 0 Å². The minimum atomic E-state index is 0.773. The van der Waals surface area contributed by atoms with Crippen LogP contribution < -0.4 is 5.73 Å². The molecule has 2 aromatic heterocycles. The summed E-state index contributed by atoms with van der Waals surface area (Å²) in [5, 5.41) is 0. The van der Waals surface area contributed by atoms with E-state index in [2.05, 4.69) is 89.5 Å². The number of rotatable bonds is 4. The zero-order valence-corrected chi connectivity index (χ0v) is 18.6. The molecule has 0 radical (unpaired) electrons. The highest BCUT2D eigenvalue weighted by Crippen LogP contribution is 2.34. The zero-order valence-electron chi connectivity index (χ0n) is 18.6. The molecular weight excluding hydrogens is 414 g/mol. The first-order valence-electron chi connectivity index (χ1n) is 11.4. The van der Waals surface area contributed by atoms with Gasteiger partial charge in [0, 0.05) is 23.0 Å². The molecule has 2 N–H and O–H groups in total. The van der Waals surface area contributed by atoms with Gasteiger partial charge in [-0.25, -0.2) is 4.98 Å². The van der Waals surface area contributed by atoms with Gasteiger partial charge in [-0.15, -0.1) is 0 Å². The molecule has 6 rings (SSSR count). The number of pyridine rings is 1. The topological polar surface area (TPSA) is 43.3 Å². The molecule has 0 spiro atoms. The summed E-state index contributed by atoms with van der Waals surface area (Å²) in [5.74, 6) is 0. The van der Waals surface area contributed by atoms with Gasteiger partial charge < -0.3 is 5.73 Å². The van der Waals surface area contributed by atoms with E-state index < -0.39 is 0 Å². The van der Waals surface area contributed by atoms with Crippen molar-refractivity contribution in [3.63, 3.8) is 0 Å². The Morgan fingerprint density at radius 1 is 0.500 bits per heavy atom. The van der Waals surface area contributed by atoms with E-state index in [0.29, 0.717) is 0 Å². The molecular formula is C31H23N3. The van der Waals surface area contributed by atoms with Gasteiger partial charge in [-0.1, -0.05) is 91.0 Å². The molecule has 3 heteroatoms. The maximum atomic E-state index is 5.99. The smallest absolute Gasteiger partial charge is 0.137 e. The molecule has 4 aromatic carbocycles. The van der Waals surface area contributed by atoms with Crippen LogP contribution in [-0.4, -0.2) is 9.38 Å². The van der Waals surface area contributed by atoms with Crippen LogP contribution in [-0.2, 0) is 0 Å². The second kappa shape index (κ2) is 8.38. The molecule has 2 heterocycles. The maximum absolute atomic E-state index is 5.99. The van der Waals surface area contributed by atoms with E-state index in [1.54, 1.807) is 0 Å². The first-order chi connectivity index (χ1) is 16.8. The molecule has 0 aliphatic carbocycles. The summed E-state index contributed by atoms with van der Waals surface area (Å²) in [7, 11) is 0. The van der Waals surface area contributed by atoms with Crippen LogP contribution >= 0.6 is 0 Å². The van der Waals surface area contributed by atoms with Gasteiger partial charge in [0.15, 0.2) is 0 Å². The molecule has 0 aliphatic rings. The minimum absolute atomic E-state index is 0.773. The third-order valence-corrected chi connectivity index (χ3v) is 6.15. The Labute approximate surface area is 198 Å². The van der Waals surface area contributed by atoms with Crippen molar-refractivity contribution in [1.82, 2.24) is 9.38 Å². The molecule has 3 nitrogen and oxygen atoms in total. The lowest BCUT2D eigenvalue weighted by molar-refractivity contribution is 1.19. The van der Waals surface area contributed by atoms with Crippen molar-refractivity contribution in [3.8, 4) is 44.8 Å². The summed E-state index contributed by atoms with van der Waals surface area (Å²) in [5.41, 5.74) is 16.7. The fourth-order valence-electron chi connectivity index (χ4n) is 4.49. The largest absolute Gasteiger partial charge is 0.399 e. The Hall–Kier alpha value is -4.63. The predicted molar refractivity (Wildman–Crippen MR) is 141 cm³/mol. The van der Waals surface area contributed by atoms with Crippen molar-refractivity contribution in [2.45, 2.75) is 0 Å². The Kier molecular flexibility index (Phi) is 4.93. The van der Waals surface area contributed by atoms with E-state index in [4.69, 9.17) is 10.7 Å². The molecule has 162 valence electrons. The Bertz CT molecular complexity index is 1600.